The van der Waals surface area contributed by atoms with E-state index in [-0.39, 0.29) is 0 Å². The number of hydrogen-bond acceptors (Lipinski definition) is 3. The van der Waals surface area contributed by atoms with Gasteiger partial charge < -0.3 is 14.5 Å². The van der Waals surface area contributed by atoms with E-state index < -0.39 is 0 Å². The Balaban J connectivity index is 1.68. The Morgan fingerprint density at radius 3 is 2.95 bits per heavy atom. The number of ether oxygens (including phenoxy) is 1. The molecular weight excluding hydrogens is 262 g/mol. The third-order valence-corrected chi connectivity index (χ3v) is 4.20. The molecule has 1 unspecified atom stereocenters. The van der Waals surface area contributed by atoms with Crippen molar-refractivity contribution in [2.75, 3.05) is 13.2 Å². The summed E-state index contributed by atoms with van der Waals surface area (Å²) in [5, 5.41) is 3.56. The van der Waals surface area contributed by atoms with Gasteiger partial charge in [0.25, 0.3) is 0 Å². The third-order valence-electron chi connectivity index (χ3n) is 4.20. The van der Waals surface area contributed by atoms with Crippen LogP contribution < -0.4 is 10.1 Å². The van der Waals surface area contributed by atoms with E-state index in [1.807, 2.05) is 6.92 Å². The second-order valence-electron chi connectivity index (χ2n) is 5.62. The van der Waals surface area contributed by atoms with Gasteiger partial charge in [0, 0.05) is 18.0 Å². The van der Waals surface area contributed by atoms with Crippen LogP contribution in [0, 0.1) is 6.92 Å². The predicted octanol–water partition coefficient (Wildman–Crippen LogP) is 3.81. The molecule has 3 rings (SSSR count). The van der Waals surface area contributed by atoms with Gasteiger partial charge >= 0.3 is 0 Å². The SMILES string of the molecule is CCNC(CCc1ccc2c(c1)CCO2)c1ccoc1C. The number of rotatable bonds is 6. The van der Waals surface area contributed by atoms with Crippen LogP contribution in [0.5, 0.6) is 5.75 Å². The zero-order valence-electron chi connectivity index (χ0n) is 12.8. The molecule has 0 aliphatic carbocycles. The zero-order valence-corrected chi connectivity index (χ0v) is 12.8. The maximum absolute atomic E-state index is 5.57. The molecule has 1 aliphatic heterocycles. The Bertz CT molecular complexity index is 603. The van der Waals surface area contributed by atoms with Gasteiger partial charge in [0.2, 0.25) is 0 Å². The first-order valence-corrected chi connectivity index (χ1v) is 7.80. The number of nitrogens with one attached hydrogen (secondary N) is 1. The first kappa shape index (κ1) is 14.2. The molecule has 2 heterocycles. The molecule has 0 fully saturated rings. The van der Waals surface area contributed by atoms with E-state index in [0.29, 0.717) is 6.04 Å². The minimum Gasteiger partial charge on any atom is -0.493 e. The van der Waals surface area contributed by atoms with Crippen LogP contribution in [0.25, 0.3) is 0 Å². The standard InChI is InChI=1S/C18H23NO2/c1-3-19-17(16-9-11-20-13(16)2)6-4-14-5-7-18-15(12-14)8-10-21-18/h5,7,9,11-12,17,19H,3-4,6,8,10H2,1-2H3. The van der Waals surface area contributed by atoms with Gasteiger partial charge in [0.05, 0.1) is 12.9 Å². The molecule has 0 radical (unpaired) electrons. The molecule has 0 saturated carbocycles. The third kappa shape index (κ3) is 3.13. The number of aryl methyl sites for hydroxylation is 2. The van der Waals surface area contributed by atoms with Crippen molar-refractivity contribution >= 4 is 0 Å². The van der Waals surface area contributed by atoms with Crippen molar-refractivity contribution in [2.24, 2.45) is 0 Å². The lowest BCUT2D eigenvalue weighted by atomic mass is 9.98. The van der Waals surface area contributed by atoms with E-state index in [2.05, 4.69) is 36.5 Å². The molecule has 1 aromatic heterocycles. The Hall–Kier alpha value is -1.74. The van der Waals surface area contributed by atoms with Crippen molar-refractivity contribution in [2.45, 2.75) is 39.2 Å². The molecule has 0 saturated heterocycles. The average Bonchev–Trinajstić information content (AvgIpc) is 3.11. The maximum atomic E-state index is 5.57. The van der Waals surface area contributed by atoms with Gasteiger partial charge in [-0.15, -0.1) is 0 Å². The topological polar surface area (TPSA) is 34.4 Å². The van der Waals surface area contributed by atoms with Crippen LogP contribution >= 0.6 is 0 Å². The molecule has 1 N–H and O–H groups in total. The van der Waals surface area contributed by atoms with E-state index in [0.717, 1.165) is 43.9 Å². The molecule has 1 aromatic carbocycles. The maximum Gasteiger partial charge on any atom is 0.122 e. The Kier molecular flexibility index (Phi) is 4.30. The fourth-order valence-corrected chi connectivity index (χ4v) is 3.08. The smallest absolute Gasteiger partial charge is 0.122 e. The van der Waals surface area contributed by atoms with Gasteiger partial charge in [0.1, 0.15) is 11.5 Å². The fraction of sp³-hybridized carbons (Fsp3) is 0.444. The summed E-state index contributed by atoms with van der Waals surface area (Å²) in [5.74, 6) is 2.08. The van der Waals surface area contributed by atoms with Crippen LogP contribution in [-0.2, 0) is 12.8 Å². The van der Waals surface area contributed by atoms with Gasteiger partial charge in [-0.2, -0.15) is 0 Å². The van der Waals surface area contributed by atoms with Crippen molar-refractivity contribution < 1.29 is 9.15 Å². The average molecular weight is 285 g/mol. The largest absolute Gasteiger partial charge is 0.493 e. The summed E-state index contributed by atoms with van der Waals surface area (Å²) < 4.78 is 11.0. The fourth-order valence-electron chi connectivity index (χ4n) is 3.08. The van der Waals surface area contributed by atoms with E-state index in [1.165, 1.54) is 16.7 Å². The molecule has 1 atom stereocenters. The number of benzene rings is 1. The molecule has 1 aliphatic rings. The second kappa shape index (κ2) is 6.35. The summed E-state index contributed by atoms with van der Waals surface area (Å²) in [7, 11) is 0. The lowest BCUT2D eigenvalue weighted by Gasteiger charge is -2.17. The molecular formula is C18H23NO2. The number of fused-ring (bicyclic) bond motifs is 1. The van der Waals surface area contributed by atoms with Gasteiger partial charge in [-0.05, 0) is 49.6 Å². The highest BCUT2D eigenvalue weighted by atomic mass is 16.5. The van der Waals surface area contributed by atoms with Gasteiger partial charge in [-0.1, -0.05) is 19.1 Å². The van der Waals surface area contributed by atoms with Gasteiger partial charge in [-0.25, -0.2) is 0 Å². The molecule has 2 aromatic rings. The Labute approximate surface area is 126 Å². The molecule has 0 spiro atoms. The van der Waals surface area contributed by atoms with Crippen molar-refractivity contribution in [3.63, 3.8) is 0 Å². The van der Waals surface area contributed by atoms with Crippen LogP contribution in [-0.4, -0.2) is 13.2 Å². The Morgan fingerprint density at radius 2 is 2.19 bits per heavy atom. The van der Waals surface area contributed by atoms with Crippen LogP contribution in [0.2, 0.25) is 0 Å². The summed E-state index contributed by atoms with van der Waals surface area (Å²) in [4.78, 5) is 0. The van der Waals surface area contributed by atoms with Crippen molar-refractivity contribution in [1.82, 2.24) is 5.32 Å². The summed E-state index contributed by atoms with van der Waals surface area (Å²) in [6.07, 6.45) is 4.96. The minimum atomic E-state index is 0.359. The lowest BCUT2D eigenvalue weighted by molar-refractivity contribution is 0.357. The molecule has 21 heavy (non-hydrogen) atoms. The highest BCUT2D eigenvalue weighted by Crippen LogP contribution is 2.28. The molecule has 0 amide bonds. The molecule has 3 heteroatoms. The van der Waals surface area contributed by atoms with Crippen LogP contribution in [0.1, 0.15) is 41.8 Å². The highest BCUT2D eigenvalue weighted by Gasteiger charge is 2.16. The quantitative estimate of drug-likeness (QED) is 0.876. The molecule has 0 bridgehead atoms. The van der Waals surface area contributed by atoms with E-state index in [9.17, 15) is 0 Å². The molecule has 3 nitrogen and oxygen atoms in total. The predicted molar refractivity (Wildman–Crippen MR) is 83.8 cm³/mol. The summed E-state index contributed by atoms with van der Waals surface area (Å²) in [5.41, 5.74) is 4.02. The summed E-state index contributed by atoms with van der Waals surface area (Å²) >= 11 is 0. The van der Waals surface area contributed by atoms with E-state index in [4.69, 9.17) is 9.15 Å². The number of furan rings is 1. The van der Waals surface area contributed by atoms with Crippen LogP contribution in [0.3, 0.4) is 0 Å². The first-order chi connectivity index (χ1) is 10.3. The monoisotopic (exact) mass is 285 g/mol. The van der Waals surface area contributed by atoms with E-state index in [1.54, 1.807) is 6.26 Å². The second-order valence-corrected chi connectivity index (χ2v) is 5.62. The van der Waals surface area contributed by atoms with Crippen LogP contribution in [0.4, 0.5) is 0 Å². The summed E-state index contributed by atoms with van der Waals surface area (Å²) in [6, 6.07) is 9.05. The molecule has 112 valence electrons. The Morgan fingerprint density at radius 1 is 1.29 bits per heavy atom. The van der Waals surface area contributed by atoms with E-state index >= 15 is 0 Å². The van der Waals surface area contributed by atoms with Crippen molar-refractivity contribution in [3.05, 3.63) is 53.0 Å². The highest BCUT2D eigenvalue weighted by molar-refractivity contribution is 5.40. The van der Waals surface area contributed by atoms with Gasteiger partial charge in [-0.3, -0.25) is 0 Å². The van der Waals surface area contributed by atoms with Crippen molar-refractivity contribution in [3.8, 4) is 5.75 Å². The van der Waals surface area contributed by atoms with Crippen molar-refractivity contribution in [1.29, 1.82) is 0 Å². The first-order valence-electron chi connectivity index (χ1n) is 7.80. The zero-order chi connectivity index (χ0) is 14.7. The van der Waals surface area contributed by atoms with Crippen LogP contribution in [0.15, 0.2) is 34.9 Å². The van der Waals surface area contributed by atoms with Gasteiger partial charge in [0.15, 0.2) is 0 Å². The lowest BCUT2D eigenvalue weighted by Crippen LogP contribution is -2.21. The normalized spacial score (nSPS) is 14.8. The minimum absolute atomic E-state index is 0.359. The number of hydrogen-bond donors (Lipinski definition) is 1. The summed E-state index contributed by atoms with van der Waals surface area (Å²) in [6.45, 7) is 5.97.